The molecular weight excluding hydrogens is 426 g/mol. The van der Waals surface area contributed by atoms with Gasteiger partial charge in [-0.2, -0.15) is 9.29 Å². The van der Waals surface area contributed by atoms with E-state index >= 15 is 0 Å². The highest BCUT2D eigenvalue weighted by Gasteiger charge is 2.31. The van der Waals surface area contributed by atoms with E-state index in [2.05, 4.69) is 14.8 Å². The molecule has 8 nitrogen and oxygen atoms in total. The molecule has 0 spiro atoms. The van der Waals surface area contributed by atoms with Crippen LogP contribution in [0.2, 0.25) is 5.02 Å². The quantitative estimate of drug-likeness (QED) is 0.691. The molecule has 0 saturated carbocycles. The van der Waals surface area contributed by atoms with Gasteiger partial charge in [-0.25, -0.2) is 13.4 Å². The number of anilines is 2. The Hall–Kier alpha value is -2.10. The van der Waals surface area contributed by atoms with Crippen molar-refractivity contribution in [3.8, 4) is 5.75 Å². The van der Waals surface area contributed by atoms with Gasteiger partial charge in [0.15, 0.2) is 0 Å². The molecule has 0 bridgehead atoms. The minimum absolute atomic E-state index is 0.0974. The fraction of sp³-hybridized carbons (Fsp3) is 0.500. The average molecular weight is 452 g/mol. The molecule has 0 aliphatic carbocycles. The predicted molar refractivity (Wildman–Crippen MR) is 117 cm³/mol. The SMILES string of the molecule is COc1ccc(Cl)cc1S(=O)(=O)N1CCN(c2cc(C)nc(N3CCCC3)n2)CC1. The molecule has 2 aliphatic heterocycles. The molecule has 0 atom stereocenters. The lowest BCUT2D eigenvalue weighted by Crippen LogP contribution is -2.49. The topological polar surface area (TPSA) is 78.9 Å². The Balaban J connectivity index is 1.51. The maximum absolute atomic E-state index is 13.2. The third-order valence-electron chi connectivity index (χ3n) is 5.52. The molecule has 1 aromatic heterocycles. The summed E-state index contributed by atoms with van der Waals surface area (Å²) in [5.74, 6) is 1.91. The Morgan fingerprint density at radius 3 is 2.33 bits per heavy atom. The van der Waals surface area contributed by atoms with Crippen molar-refractivity contribution in [2.24, 2.45) is 0 Å². The summed E-state index contributed by atoms with van der Waals surface area (Å²) in [6.07, 6.45) is 2.33. The first-order valence-electron chi connectivity index (χ1n) is 10.1. The van der Waals surface area contributed by atoms with Gasteiger partial charge in [0.25, 0.3) is 0 Å². The number of ether oxygens (including phenoxy) is 1. The summed E-state index contributed by atoms with van der Waals surface area (Å²) in [5, 5.41) is 0.360. The minimum atomic E-state index is -3.71. The van der Waals surface area contributed by atoms with Crippen molar-refractivity contribution in [3.63, 3.8) is 0 Å². The molecule has 0 amide bonds. The van der Waals surface area contributed by atoms with Crippen molar-refractivity contribution in [3.05, 3.63) is 35.0 Å². The van der Waals surface area contributed by atoms with Crippen LogP contribution in [0.1, 0.15) is 18.5 Å². The monoisotopic (exact) mass is 451 g/mol. The third kappa shape index (κ3) is 4.19. The number of benzene rings is 1. The summed E-state index contributed by atoms with van der Waals surface area (Å²) in [4.78, 5) is 13.8. The van der Waals surface area contributed by atoms with Gasteiger partial charge < -0.3 is 14.5 Å². The molecule has 10 heteroatoms. The van der Waals surface area contributed by atoms with Crippen LogP contribution in [0.4, 0.5) is 11.8 Å². The smallest absolute Gasteiger partial charge is 0.246 e. The van der Waals surface area contributed by atoms with Crippen LogP contribution in [-0.2, 0) is 10.0 Å². The third-order valence-corrected chi connectivity index (χ3v) is 7.68. The number of hydrogen-bond donors (Lipinski definition) is 0. The fourth-order valence-electron chi connectivity index (χ4n) is 3.91. The van der Waals surface area contributed by atoms with Crippen LogP contribution >= 0.6 is 11.6 Å². The summed E-state index contributed by atoms with van der Waals surface area (Å²) in [5.41, 5.74) is 0.917. The standard InChI is InChI=1S/C20H26ClN5O3S/c1-15-13-19(23-20(22-15)25-7-3-4-8-25)24-9-11-26(12-10-24)30(27,28)18-14-16(21)5-6-17(18)29-2/h5-6,13-14H,3-4,7-12H2,1-2H3. The maximum atomic E-state index is 13.2. The minimum Gasteiger partial charge on any atom is -0.495 e. The van der Waals surface area contributed by atoms with Gasteiger partial charge in [-0.3, -0.25) is 0 Å². The number of halogens is 1. The molecule has 0 radical (unpaired) electrons. The second-order valence-corrected chi connectivity index (χ2v) is 9.89. The van der Waals surface area contributed by atoms with E-state index < -0.39 is 10.0 Å². The molecule has 1 aromatic carbocycles. The van der Waals surface area contributed by atoms with Gasteiger partial charge in [0.1, 0.15) is 16.5 Å². The zero-order valence-corrected chi connectivity index (χ0v) is 18.8. The molecule has 2 aliphatic rings. The first-order valence-corrected chi connectivity index (χ1v) is 11.9. The molecule has 2 saturated heterocycles. The van der Waals surface area contributed by atoms with Crippen LogP contribution < -0.4 is 14.5 Å². The lowest BCUT2D eigenvalue weighted by molar-refractivity contribution is 0.373. The Labute approximate surface area is 182 Å². The number of piperazine rings is 1. The van der Waals surface area contributed by atoms with Crippen LogP contribution in [-0.4, -0.2) is 69.1 Å². The molecule has 30 heavy (non-hydrogen) atoms. The summed E-state index contributed by atoms with van der Waals surface area (Å²) in [6.45, 7) is 5.76. The van der Waals surface area contributed by atoms with Gasteiger partial charge in [0.05, 0.1) is 7.11 Å². The molecule has 162 valence electrons. The van der Waals surface area contributed by atoms with E-state index in [1.54, 1.807) is 12.1 Å². The van der Waals surface area contributed by atoms with Gasteiger partial charge in [-0.05, 0) is 38.0 Å². The largest absolute Gasteiger partial charge is 0.495 e. The lowest BCUT2D eigenvalue weighted by Gasteiger charge is -2.35. The van der Waals surface area contributed by atoms with Gasteiger partial charge in [-0.15, -0.1) is 0 Å². The van der Waals surface area contributed by atoms with Crippen molar-refractivity contribution >= 4 is 33.4 Å². The summed E-state index contributed by atoms with van der Waals surface area (Å²) < 4.78 is 33.1. The molecule has 2 aromatic rings. The van der Waals surface area contributed by atoms with Crippen LogP contribution in [0, 0.1) is 6.92 Å². The van der Waals surface area contributed by atoms with E-state index in [1.807, 2.05) is 13.0 Å². The van der Waals surface area contributed by atoms with Gasteiger partial charge in [0, 0.05) is 56.1 Å². The van der Waals surface area contributed by atoms with E-state index in [-0.39, 0.29) is 4.90 Å². The highest BCUT2D eigenvalue weighted by atomic mass is 35.5. The first kappa shape index (κ1) is 21.1. The Morgan fingerprint density at radius 1 is 0.967 bits per heavy atom. The van der Waals surface area contributed by atoms with E-state index in [0.29, 0.717) is 37.0 Å². The van der Waals surface area contributed by atoms with E-state index in [1.165, 1.54) is 17.5 Å². The summed E-state index contributed by atoms with van der Waals surface area (Å²) >= 11 is 6.04. The van der Waals surface area contributed by atoms with E-state index in [0.717, 1.165) is 43.4 Å². The Morgan fingerprint density at radius 2 is 1.67 bits per heavy atom. The van der Waals surface area contributed by atoms with Crippen LogP contribution in [0.3, 0.4) is 0 Å². The number of nitrogens with zero attached hydrogens (tertiary/aromatic N) is 5. The highest BCUT2D eigenvalue weighted by molar-refractivity contribution is 7.89. The summed E-state index contributed by atoms with van der Waals surface area (Å²) in [7, 11) is -2.25. The van der Waals surface area contributed by atoms with Crippen LogP contribution in [0.15, 0.2) is 29.2 Å². The van der Waals surface area contributed by atoms with Gasteiger partial charge in [-0.1, -0.05) is 11.6 Å². The molecule has 0 N–H and O–H groups in total. The lowest BCUT2D eigenvalue weighted by atomic mass is 10.3. The number of methoxy groups -OCH3 is 1. The second-order valence-electron chi connectivity index (χ2n) is 7.55. The molecule has 4 rings (SSSR count). The number of aromatic nitrogens is 2. The first-order chi connectivity index (χ1) is 14.4. The van der Waals surface area contributed by atoms with Crippen LogP contribution in [0.5, 0.6) is 5.75 Å². The van der Waals surface area contributed by atoms with Crippen molar-refractivity contribution in [1.82, 2.24) is 14.3 Å². The zero-order chi connectivity index (χ0) is 21.3. The van der Waals surface area contributed by atoms with Crippen molar-refractivity contribution in [2.75, 3.05) is 56.2 Å². The van der Waals surface area contributed by atoms with E-state index in [9.17, 15) is 8.42 Å². The molecule has 0 unspecified atom stereocenters. The van der Waals surface area contributed by atoms with E-state index in [4.69, 9.17) is 21.3 Å². The average Bonchev–Trinajstić information content (AvgIpc) is 3.28. The molecule has 3 heterocycles. The summed E-state index contributed by atoms with van der Waals surface area (Å²) in [6, 6.07) is 6.60. The molecule has 2 fully saturated rings. The number of aryl methyl sites for hydroxylation is 1. The normalized spacial score (nSPS) is 18.1. The Kier molecular flexibility index (Phi) is 6.04. The van der Waals surface area contributed by atoms with Crippen molar-refractivity contribution in [2.45, 2.75) is 24.7 Å². The number of sulfonamides is 1. The highest BCUT2D eigenvalue weighted by Crippen LogP contribution is 2.30. The number of rotatable bonds is 5. The second kappa shape index (κ2) is 8.56. The number of hydrogen-bond acceptors (Lipinski definition) is 7. The van der Waals surface area contributed by atoms with Gasteiger partial charge >= 0.3 is 0 Å². The Bertz CT molecular complexity index is 1020. The maximum Gasteiger partial charge on any atom is 0.246 e. The van der Waals surface area contributed by atoms with Crippen molar-refractivity contribution < 1.29 is 13.2 Å². The van der Waals surface area contributed by atoms with Crippen LogP contribution in [0.25, 0.3) is 0 Å². The van der Waals surface area contributed by atoms with Gasteiger partial charge in [0.2, 0.25) is 16.0 Å². The predicted octanol–water partition coefficient (Wildman–Crippen LogP) is 2.56. The van der Waals surface area contributed by atoms with Crippen molar-refractivity contribution in [1.29, 1.82) is 0 Å². The fourth-order valence-corrected chi connectivity index (χ4v) is 5.75. The zero-order valence-electron chi connectivity index (χ0n) is 17.2. The molecular formula is C20H26ClN5O3S.